The van der Waals surface area contributed by atoms with Gasteiger partial charge < -0.3 is 19.3 Å². The Hall–Kier alpha value is -0.940. The summed E-state index contributed by atoms with van der Waals surface area (Å²) in [4.78, 5) is 0. The van der Waals surface area contributed by atoms with Crippen molar-refractivity contribution in [1.29, 1.82) is 0 Å². The molecule has 0 radical (unpaired) electrons. The highest BCUT2D eigenvalue weighted by Crippen LogP contribution is 2.48. The molecule has 2 rings (SSSR count). The maximum atomic E-state index is 9.26. The van der Waals surface area contributed by atoms with Crippen molar-refractivity contribution in [1.82, 2.24) is 0 Å². The smallest absolute Gasteiger partial charge is 0.231 e. The third-order valence-electron chi connectivity index (χ3n) is 2.58. The van der Waals surface area contributed by atoms with Crippen molar-refractivity contribution in [2.24, 2.45) is 0 Å². The summed E-state index contributed by atoms with van der Waals surface area (Å²) in [6, 6.07) is 1.81. The Balaban J connectivity index is 2.61. The summed E-state index contributed by atoms with van der Waals surface area (Å²) < 4.78 is 16.9. The maximum absolute atomic E-state index is 9.26. The lowest BCUT2D eigenvalue weighted by Crippen LogP contribution is -2.04. The van der Waals surface area contributed by atoms with E-state index in [4.69, 9.17) is 14.2 Å². The zero-order chi connectivity index (χ0) is 11.7. The van der Waals surface area contributed by atoms with E-state index in [-0.39, 0.29) is 19.3 Å². The minimum Gasteiger partial charge on any atom is -0.495 e. The van der Waals surface area contributed by atoms with Crippen LogP contribution in [-0.4, -0.2) is 25.6 Å². The fourth-order valence-corrected chi connectivity index (χ4v) is 2.35. The molecule has 0 spiro atoms. The van der Waals surface area contributed by atoms with Crippen molar-refractivity contribution in [3.63, 3.8) is 0 Å². The second kappa shape index (κ2) is 4.51. The summed E-state index contributed by atoms with van der Waals surface area (Å²) in [6.07, 6.45) is 0. The van der Waals surface area contributed by atoms with E-state index in [0.29, 0.717) is 17.2 Å². The lowest BCUT2D eigenvalue weighted by Gasteiger charge is -2.17. The molecule has 1 aromatic rings. The second-order valence-electron chi connectivity index (χ2n) is 3.62. The molecule has 0 amide bonds. The number of hydrogen-bond acceptors (Lipinski definition) is 4. The lowest BCUT2D eigenvalue weighted by atomic mass is 9.99. The minimum atomic E-state index is -0.0668. The van der Waals surface area contributed by atoms with Gasteiger partial charge in [0.15, 0.2) is 11.5 Å². The highest BCUT2D eigenvalue weighted by atomic mass is 79.9. The van der Waals surface area contributed by atoms with Crippen LogP contribution in [0.3, 0.4) is 0 Å². The highest BCUT2D eigenvalue weighted by Gasteiger charge is 2.27. The number of aliphatic hydroxyl groups excluding tert-OH is 1. The summed E-state index contributed by atoms with van der Waals surface area (Å²) in [6.45, 7) is 2.15. The molecule has 1 aromatic carbocycles. The molecule has 0 fully saturated rings. The molecule has 4 nitrogen and oxygen atoms in total. The van der Waals surface area contributed by atoms with Gasteiger partial charge in [0.05, 0.1) is 11.6 Å². The first-order valence-corrected chi connectivity index (χ1v) is 5.75. The maximum Gasteiger partial charge on any atom is 0.231 e. The largest absolute Gasteiger partial charge is 0.495 e. The summed E-state index contributed by atoms with van der Waals surface area (Å²) >= 11 is 3.42. The lowest BCUT2D eigenvalue weighted by molar-refractivity contribution is 0.172. The fraction of sp³-hybridized carbons (Fsp3) is 0.455. The highest BCUT2D eigenvalue weighted by molar-refractivity contribution is 9.10. The van der Waals surface area contributed by atoms with Crippen LogP contribution in [-0.2, 0) is 0 Å². The molecular weight excluding hydrogens is 276 g/mol. The van der Waals surface area contributed by atoms with Crippen LogP contribution in [0.4, 0.5) is 0 Å². The first kappa shape index (κ1) is 11.5. The zero-order valence-electron chi connectivity index (χ0n) is 9.12. The van der Waals surface area contributed by atoms with Gasteiger partial charge in [0, 0.05) is 24.2 Å². The molecule has 0 aliphatic carbocycles. The number of ether oxygens (including phenoxy) is 3. The normalized spacial score (nSPS) is 15.0. The van der Waals surface area contributed by atoms with Gasteiger partial charge in [-0.3, -0.25) is 0 Å². The van der Waals surface area contributed by atoms with E-state index in [2.05, 4.69) is 15.9 Å². The Morgan fingerprint density at radius 3 is 2.94 bits per heavy atom. The molecule has 1 heterocycles. The number of aliphatic hydroxyl groups is 1. The quantitative estimate of drug-likeness (QED) is 0.927. The van der Waals surface area contributed by atoms with Crippen LogP contribution in [0.15, 0.2) is 10.5 Å². The van der Waals surface area contributed by atoms with E-state index in [1.807, 2.05) is 13.0 Å². The Morgan fingerprint density at radius 1 is 1.56 bits per heavy atom. The Kier molecular flexibility index (Phi) is 3.25. The molecule has 0 saturated heterocycles. The van der Waals surface area contributed by atoms with Crippen molar-refractivity contribution < 1.29 is 19.3 Å². The van der Waals surface area contributed by atoms with Crippen LogP contribution < -0.4 is 14.2 Å². The Morgan fingerprint density at radius 2 is 2.31 bits per heavy atom. The monoisotopic (exact) mass is 288 g/mol. The predicted octanol–water partition coefficient (Wildman–Crippen LogP) is 2.28. The van der Waals surface area contributed by atoms with Crippen LogP contribution >= 0.6 is 15.9 Å². The predicted molar refractivity (Wildman–Crippen MR) is 62.3 cm³/mol. The molecule has 0 saturated carbocycles. The van der Waals surface area contributed by atoms with Gasteiger partial charge in [0.25, 0.3) is 0 Å². The molecule has 0 bridgehead atoms. The number of rotatable bonds is 3. The topological polar surface area (TPSA) is 47.9 Å². The van der Waals surface area contributed by atoms with Crippen molar-refractivity contribution in [3.8, 4) is 17.2 Å². The number of halogens is 1. The Labute approximate surface area is 102 Å². The van der Waals surface area contributed by atoms with Gasteiger partial charge in [-0.25, -0.2) is 0 Å². The standard InChI is InChI=1S/C11H13BrO4/c1-6(4-13)9-10(14-2)7(12)3-8-11(9)16-5-15-8/h3,6,13H,4-5H2,1-2H3. The second-order valence-corrected chi connectivity index (χ2v) is 4.48. The molecule has 88 valence electrons. The van der Waals surface area contributed by atoms with Gasteiger partial charge in [0.1, 0.15) is 5.75 Å². The van der Waals surface area contributed by atoms with Crippen molar-refractivity contribution in [2.75, 3.05) is 20.5 Å². The van der Waals surface area contributed by atoms with Gasteiger partial charge in [0.2, 0.25) is 6.79 Å². The van der Waals surface area contributed by atoms with Crippen molar-refractivity contribution in [2.45, 2.75) is 12.8 Å². The third kappa shape index (κ3) is 1.74. The number of methoxy groups -OCH3 is 1. The molecule has 16 heavy (non-hydrogen) atoms. The molecular formula is C11H13BrO4. The van der Waals surface area contributed by atoms with E-state index in [9.17, 15) is 5.11 Å². The Bertz CT molecular complexity index is 402. The van der Waals surface area contributed by atoms with Crippen LogP contribution in [0.1, 0.15) is 18.4 Å². The molecule has 5 heteroatoms. The summed E-state index contributed by atoms with van der Waals surface area (Å²) in [5.41, 5.74) is 0.840. The minimum absolute atomic E-state index is 0.0304. The first-order chi connectivity index (χ1) is 7.69. The van der Waals surface area contributed by atoms with Gasteiger partial charge in [-0.05, 0) is 15.9 Å². The van der Waals surface area contributed by atoms with Crippen LogP contribution in [0.25, 0.3) is 0 Å². The van der Waals surface area contributed by atoms with Gasteiger partial charge in [-0.2, -0.15) is 0 Å². The molecule has 1 N–H and O–H groups in total. The zero-order valence-corrected chi connectivity index (χ0v) is 10.7. The fourth-order valence-electron chi connectivity index (χ4n) is 1.76. The third-order valence-corrected chi connectivity index (χ3v) is 3.17. The summed E-state index contributed by atoms with van der Waals surface area (Å²) in [5, 5.41) is 9.26. The number of hydrogen-bond donors (Lipinski definition) is 1. The number of fused-ring (bicyclic) bond motifs is 1. The van der Waals surface area contributed by atoms with Crippen LogP contribution in [0.2, 0.25) is 0 Å². The van der Waals surface area contributed by atoms with E-state index in [0.717, 1.165) is 10.0 Å². The van der Waals surface area contributed by atoms with E-state index in [1.165, 1.54) is 0 Å². The average molecular weight is 289 g/mol. The molecule has 1 aliphatic rings. The van der Waals surface area contributed by atoms with Gasteiger partial charge >= 0.3 is 0 Å². The van der Waals surface area contributed by atoms with Crippen LogP contribution in [0.5, 0.6) is 17.2 Å². The SMILES string of the molecule is COc1c(Br)cc2c(c1C(C)CO)OCO2. The van der Waals surface area contributed by atoms with E-state index < -0.39 is 0 Å². The molecule has 1 aliphatic heterocycles. The molecule has 0 aromatic heterocycles. The van der Waals surface area contributed by atoms with E-state index in [1.54, 1.807) is 7.11 Å². The van der Waals surface area contributed by atoms with Gasteiger partial charge in [-0.15, -0.1) is 0 Å². The molecule has 1 atom stereocenters. The van der Waals surface area contributed by atoms with Crippen molar-refractivity contribution >= 4 is 15.9 Å². The van der Waals surface area contributed by atoms with Crippen LogP contribution in [0, 0.1) is 0 Å². The van der Waals surface area contributed by atoms with Crippen molar-refractivity contribution in [3.05, 3.63) is 16.1 Å². The van der Waals surface area contributed by atoms with Gasteiger partial charge in [-0.1, -0.05) is 6.92 Å². The number of benzene rings is 1. The average Bonchev–Trinajstić information content (AvgIpc) is 2.73. The summed E-state index contributed by atoms with van der Waals surface area (Å²) in [5.74, 6) is 1.97. The summed E-state index contributed by atoms with van der Waals surface area (Å²) in [7, 11) is 1.59. The van der Waals surface area contributed by atoms with E-state index >= 15 is 0 Å². The molecule has 1 unspecified atom stereocenters. The first-order valence-electron chi connectivity index (χ1n) is 4.95.